The van der Waals surface area contributed by atoms with Crippen molar-refractivity contribution in [2.45, 2.75) is 11.8 Å². The molecule has 31 heavy (non-hydrogen) atoms. The highest BCUT2D eigenvalue weighted by Gasteiger charge is 2.12. The highest BCUT2D eigenvalue weighted by molar-refractivity contribution is 7.85. The Morgan fingerprint density at radius 3 is 2.45 bits per heavy atom. The van der Waals surface area contributed by atoms with Gasteiger partial charge in [0.2, 0.25) is 5.96 Å². The predicted molar refractivity (Wildman–Crippen MR) is 114 cm³/mol. The lowest BCUT2D eigenvalue weighted by Gasteiger charge is -2.01. The van der Waals surface area contributed by atoms with E-state index in [4.69, 9.17) is 15.5 Å². The Morgan fingerprint density at radius 2 is 1.87 bits per heavy atom. The van der Waals surface area contributed by atoms with E-state index in [2.05, 4.69) is 15.2 Å². The van der Waals surface area contributed by atoms with Gasteiger partial charge in [-0.25, -0.2) is 5.48 Å². The van der Waals surface area contributed by atoms with Crippen LogP contribution in [0.3, 0.4) is 0 Å². The fourth-order valence-electron chi connectivity index (χ4n) is 2.35. The molecule has 0 spiro atoms. The summed E-state index contributed by atoms with van der Waals surface area (Å²) in [5.41, 5.74) is 8.14. The number of hydrogen-bond donors (Lipinski definition) is 4. The third-order valence-electron chi connectivity index (χ3n) is 3.79. The van der Waals surface area contributed by atoms with E-state index in [9.17, 15) is 18.5 Å². The van der Waals surface area contributed by atoms with Crippen LogP contribution in [0.15, 0.2) is 69.8 Å². The zero-order valence-electron chi connectivity index (χ0n) is 16.1. The van der Waals surface area contributed by atoms with Gasteiger partial charge in [0.15, 0.2) is 0 Å². The van der Waals surface area contributed by atoms with E-state index in [0.717, 1.165) is 5.56 Å². The van der Waals surface area contributed by atoms with E-state index in [1.807, 2.05) is 6.92 Å². The number of nitrogens with zero attached hydrogens (tertiary/aromatic N) is 4. The molecule has 13 heteroatoms. The average molecular weight is 446 g/mol. The van der Waals surface area contributed by atoms with Gasteiger partial charge >= 0.3 is 0 Å². The third kappa shape index (κ3) is 6.53. The number of aryl methyl sites for hydroxylation is 1. The van der Waals surface area contributed by atoms with Crippen molar-refractivity contribution in [1.82, 2.24) is 10.5 Å². The van der Waals surface area contributed by atoms with Gasteiger partial charge < -0.3 is 5.73 Å². The third-order valence-corrected chi connectivity index (χ3v) is 4.66. The number of benzene rings is 2. The Balaban J connectivity index is 0.000000262. The van der Waals surface area contributed by atoms with Crippen LogP contribution >= 0.6 is 0 Å². The van der Waals surface area contributed by atoms with E-state index >= 15 is 0 Å². The first kappa shape index (κ1) is 23.3. The standard InChI is InChI=1S/C11H10N6O3.C7H8O3S/c12-11(16-18)15-14-6-9-7-2-1-3-10(17(19)20)8(7)4-5-13-9;1-6-2-4-7(5-3-6)11(8,9)10/h1-6,18H,(H3,12,15,16);2-5H,1H3,(H,8,9,10)/b14-6+;. The quantitative estimate of drug-likeness (QED) is 0.152. The number of nitrogens with one attached hydrogen (secondary N) is 1. The van der Waals surface area contributed by atoms with Gasteiger partial charge in [-0.15, -0.1) is 5.10 Å². The molecule has 3 aromatic rings. The molecule has 0 aliphatic carbocycles. The number of non-ortho nitro benzene ring substituents is 1. The molecule has 0 bridgehead atoms. The van der Waals surface area contributed by atoms with Crippen molar-refractivity contribution in [3.8, 4) is 0 Å². The number of hydroxylamine groups is 1. The molecule has 162 valence electrons. The van der Waals surface area contributed by atoms with Crippen LogP contribution in [0.2, 0.25) is 0 Å². The second-order valence-corrected chi connectivity index (χ2v) is 7.38. The Labute approximate surface area is 176 Å². The molecule has 0 saturated heterocycles. The Hall–Kier alpha value is -3.94. The van der Waals surface area contributed by atoms with E-state index in [1.54, 1.807) is 35.8 Å². The number of nitro groups is 1. The Bertz CT molecular complexity index is 1240. The molecule has 12 nitrogen and oxygen atoms in total. The number of guanidine groups is 1. The van der Waals surface area contributed by atoms with Gasteiger partial charge in [0, 0.05) is 17.6 Å². The van der Waals surface area contributed by atoms with Gasteiger partial charge in [0.1, 0.15) is 0 Å². The summed E-state index contributed by atoms with van der Waals surface area (Å²) in [6.07, 6.45) is 2.73. The van der Waals surface area contributed by atoms with Crippen LogP contribution in [0.1, 0.15) is 11.3 Å². The van der Waals surface area contributed by atoms with Crippen LogP contribution in [-0.2, 0) is 10.1 Å². The molecule has 1 aromatic heterocycles. The van der Waals surface area contributed by atoms with Crippen molar-refractivity contribution in [1.29, 1.82) is 0 Å². The summed E-state index contributed by atoms with van der Waals surface area (Å²) in [5.74, 6) is -0.285. The summed E-state index contributed by atoms with van der Waals surface area (Å²) >= 11 is 0. The van der Waals surface area contributed by atoms with Crippen LogP contribution in [0.5, 0.6) is 0 Å². The second-order valence-electron chi connectivity index (χ2n) is 5.96. The molecule has 0 radical (unpaired) electrons. The minimum Gasteiger partial charge on any atom is -0.367 e. The van der Waals surface area contributed by atoms with Crippen molar-refractivity contribution >= 4 is 38.8 Å². The molecule has 0 atom stereocenters. The number of aromatic nitrogens is 1. The van der Waals surface area contributed by atoms with Crippen LogP contribution < -0.4 is 11.2 Å². The summed E-state index contributed by atoms with van der Waals surface area (Å²) < 4.78 is 29.6. The largest absolute Gasteiger partial charge is 0.367 e. The lowest BCUT2D eigenvalue weighted by molar-refractivity contribution is -0.383. The van der Waals surface area contributed by atoms with E-state index in [0.29, 0.717) is 16.5 Å². The first-order valence-electron chi connectivity index (χ1n) is 8.46. The van der Waals surface area contributed by atoms with E-state index in [-0.39, 0.29) is 16.5 Å². The molecule has 0 amide bonds. The number of hydrogen-bond acceptors (Lipinski definition) is 8. The highest BCUT2D eigenvalue weighted by Crippen LogP contribution is 2.25. The molecule has 1 heterocycles. The van der Waals surface area contributed by atoms with E-state index in [1.165, 1.54) is 30.6 Å². The number of pyridine rings is 1. The molecule has 3 rings (SSSR count). The SMILES string of the molecule is Cc1ccc(S(=O)(=O)O)cc1.N/C(=N/N=C/c1nccc2c([N+](=O)[O-])cccc12)NO. The molecule has 5 N–H and O–H groups in total. The van der Waals surface area contributed by atoms with Crippen LogP contribution in [0.4, 0.5) is 5.69 Å². The topological polar surface area (TPSA) is 193 Å². The van der Waals surface area contributed by atoms with Gasteiger partial charge in [0.05, 0.1) is 27.1 Å². The maximum atomic E-state index is 10.9. The molecular formula is C18H18N6O6S. The second kappa shape index (κ2) is 10.2. The highest BCUT2D eigenvalue weighted by atomic mass is 32.2. The average Bonchev–Trinajstić information content (AvgIpc) is 2.73. The van der Waals surface area contributed by atoms with Crippen molar-refractivity contribution < 1.29 is 23.1 Å². The lowest BCUT2D eigenvalue weighted by atomic mass is 10.1. The zero-order valence-corrected chi connectivity index (χ0v) is 16.9. The normalized spacial score (nSPS) is 11.8. The lowest BCUT2D eigenvalue weighted by Crippen LogP contribution is -2.27. The van der Waals surface area contributed by atoms with Crippen LogP contribution in [-0.4, -0.2) is 40.3 Å². The fraction of sp³-hybridized carbons (Fsp3) is 0.0556. The number of nitrogens with two attached hydrogens (primary N) is 1. The molecular weight excluding hydrogens is 428 g/mol. The summed E-state index contributed by atoms with van der Waals surface area (Å²) in [5, 5.41) is 27.4. The van der Waals surface area contributed by atoms with E-state index < -0.39 is 15.0 Å². The predicted octanol–water partition coefficient (Wildman–Crippen LogP) is 2.01. The first-order chi connectivity index (χ1) is 14.6. The molecule has 0 unspecified atom stereocenters. The molecule has 0 fully saturated rings. The molecule has 0 aliphatic rings. The summed E-state index contributed by atoms with van der Waals surface area (Å²) in [6, 6.07) is 12.2. The van der Waals surface area contributed by atoms with Gasteiger partial charge in [-0.05, 0) is 25.1 Å². The van der Waals surface area contributed by atoms with Crippen molar-refractivity contribution in [3.05, 3.63) is 76.1 Å². The van der Waals surface area contributed by atoms with Gasteiger partial charge in [-0.3, -0.25) is 24.9 Å². The number of fused-ring (bicyclic) bond motifs is 1. The minimum atomic E-state index is -4.02. The summed E-state index contributed by atoms with van der Waals surface area (Å²) in [7, 11) is -4.02. The summed E-state index contributed by atoms with van der Waals surface area (Å²) in [6.45, 7) is 1.84. The number of nitro benzene ring substituents is 1. The van der Waals surface area contributed by atoms with Crippen molar-refractivity contribution in [2.24, 2.45) is 15.9 Å². The smallest absolute Gasteiger partial charge is 0.294 e. The van der Waals surface area contributed by atoms with Crippen molar-refractivity contribution in [2.75, 3.05) is 0 Å². The molecule has 2 aromatic carbocycles. The fourth-order valence-corrected chi connectivity index (χ4v) is 2.83. The maximum Gasteiger partial charge on any atom is 0.294 e. The zero-order chi connectivity index (χ0) is 23.0. The van der Waals surface area contributed by atoms with Gasteiger partial charge in [-0.2, -0.15) is 13.5 Å². The monoisotopic (exact) mass is 446 g/mol. The van der Waals surface area contributed by atoms with Gasteiger partial charge in [0.25, 0.3) is 15.8 Å². The number of rotatable bonds is 4. The molecule has 0 aliphatic heterocycles. The van der Waals surface area contributed by atoms with Crippen LogP contribution in [0, 0.1) is 17.0 Å². The minimum absolute atomic E-state index is 0.0143. The summed E-state index contributed by atoms with van der Waals surface area (Å²) in [4.78, 5) is 14.5. The maximum absolute atomic E-state index is 10.9. The van der Waals surface area contributed by atoms with Crippen LogP contribution in [0.25, 0.3) is 10.8 Å². The van der Waals surface area contributed by atoms with Crippen molar-refractivity contribution in [3.63, 3.8) is 0 Å². The first-order valence-corrected chi connectivity index (χ1v) is 9.90. The molecule has 0 saturated carbocycles. The Morgan fingerprint density at radius 1 is 1.19 bits per heavy atom. The van der Waals surface area contributed by atoms with Gasteiger partial charge in [-0.1, -0.05) is 29.8 Å². The Kier molecular flexibility index (Phi) is 7.68.